The Hall–Kier alpha value is -3.16. The van der Waals surface area contributed by atoms with Crippen LogP contribution in [0.5, 0.6) is 0 Å². The Bertz CT molecular complexity index is 1110. The summed E-state index contributed by atoms with van der Waals surface area (Å²) in [5.74, 6) is 0.668. The Morgan fingerprint density at radius 1 is 0.931 bits per heavy atom. The van der Waals surface area contributed by atoms with Gasteiger partial charge in [-0.2, -0.15) is 10.2 Å². The lowest BCUT2D eigenvalue weighted by Gasteiger charge is -2.06. The minimum absolute atomic E-state index is 0.456. The summed E-state index contributed by atoms with van der Waals surface area (Å²) >= 11 is 11.4. The van der Waals surface area contributed by atoms with Crippen LogP contribution in [0.3, 0.4) is 0 Å². The molecule has 0 unspecified atom stereocenters. The van der Waals surface area contributed by atoms with E-state index < -0.39 is 0 Å². The van der Waals surface area contributed by atoms with E-state index in [4.69, 9.17) is 23.8 Å². The molecule has 29 heavy (non-hydrogen) atoms. The van der Waals surface area contributed by atoms with Crippen molar-refractivity contribution in [2.75, 3.05) is 10.6 Å². The van der Waals surface area contributed by atoms with Gasteiger partial charge in [0, 0.05) is 23.5 Å². The molecule has 2 aromatic carbocycles. The lowest BCUT2D eigenvalue weighted by molar-refractivity contribution is 0.687. The number of nitrogens with zero attached hydrogens (tertiary/aromatic N) is 4. The van der Waals surface area contributed by atoms with Gasteiger partial charge in [-0.15, -0.1) is 0 Å². The molecule has 2 aromatic heterocycles. The molecule has 4 aromatic rings. The van der Waals surface area contributed by atoms with E-state index in [1.807, 2.05) is 70.3 Å². The van der Waals surface area contributed by atoms with Crippen molar-refractivity contribution in [2.24, 2.45) is 0 Å². The number of hydrogen-bond donors (Lipinski definition) is 2. The van der Waals surface area contributed by atoms with Crippen molar-refractivity contribution in [2.45, 2.75) is 13.1 Å². The summed E-state index contributed by atoms with van der Waals surface area (Å²) < 4.78 is 3.69. The highest BCUT2D eigenvalue weighted by Crippen LogP contribution is 2.13. The first-order chi connectivity index (χ1) is 14.1. The highest BCUT2D eigenvalue weighted by molar-refractivity contribution is 7.80. The summed E-state index contributed by atoms with van der Waals surface area (Å²) in [6, 6.07) is 19.8. The molecule has 0 saturated heterocycles. The summed E-state index contributed by atoms with van der Waals surface area (Å²) in [4.78, 5) is 0. The Kier molecular flexibility index (Phi) is 5.88. The number of rotatable bonds is 6. The molecule has 4 rings (SSSR count). The minimum Gasteiger partial charge on any atom is -0.330 e. The van der Waals surface area contributed by atoms with Crippen LogP contribution in [0.1, 0.15) is 11.1 Å². The van der Waals surface area contributed by atoms with Gasteiger partial charge >= 0.3 is 0 Å². The van der Waals surface area contributed by atoms with Gasteiger partial charge in [0.25, 0.3) is 0 Å². The maximum atomic E-state index is 6.03. The highest BCUT2D eigenvalue weighted by atomic mass is 35.5. The van der Waals surface area contributed by atoms with Gasteiger partial charge in [0.1, 0.15) is 0 Å². The molecule has 0 aliphatic carbocycles. The van der Waals surface area contributed by atoms with Crippen LogP contribution < -0.4 is 10.6 Å². The van der Waals surface area contributed by atoms with Crippen molar-refractivity contribution in [3.8, 4) is 0 Å². The Morgan fingerprint density at radius 3 is 2.55 bits per heavy atom. The van der Waals surface area contributed by atoms with E-state index in [9.17, 15) is 0 Å². The molecule has 0 saturated carbocycles. The molecule has 0 atom stereocenters. The highest BCUT2D eigenvalue weighted by Gasteiger charge is 2.05. The molecule has 0 aliphatic heterocycles. The third kappa shape index (κ3) is 5.43. The van der Waals surface area contributed by atoms with Crippen molar-refractivity contribution in [1.82, 2.24) is 19.6 Å². The van der Waals surface area contributed by atoms with Crippen LogP contribution in [-0.4, -0.2) is 24.7 Å². The molecular weight excluding hydrogens is 404 g/mol. The average molecular weight is 423 g/mol. The van der Waals surface area contributed by atoms with Crippen molar-refractivity contribution in [3.05, 3.63) is 95.4 Å². The quantitative estimate of drug-likeness (QED) is 0.443. The van der Waals surface area contributed by atoms with Gasteiger partial charge in [-0.1, -0.05) is 54.1 Å². The normalized spacial score (nSPS) is 10.7. The minimum atomic E-state index is 0.456. The molecule has 0 bridgehead atoms. The largest absolute Gasteiger partial charge is 0.330 e. The van der Waals surface area contributed by atoms with Gasteiger partial charge in [0.2, 0.25) is 0 Å². The van der Waals surface area contributed by atoms with Crippen molar-refractivity contribution in [1.29, 1.82) is 0 Å². The fourth-order valence-electron chi connectivity index (χ4n) is 2.90. The third-order valence-electron chi connectivity index (χ3n) is 4.19. The zero-order chi connectivity index (χ0) is 20.1. The first-order valence-corrected chi connectivity index (χ1v) is 9.85. The van der Waals surface area contributed by atoms with Crippen LogP contribution in [0, 0.1) is 0 Å². The molecule has 0 amide bonds. The second-order valence-electron chi connectivity index (χ2n) is 6.52. The van der Waals surface area contributed by atoms with E-state index >= 15 is 0 Å². The van der Waals surface area contributed by atoms with Crippen LogP contribution in [0.4, 0.5) is 11.5 Å². The second kappa shape index (κ2) is 8.89. The summed E-state index contributed by atoms with van der Waals surface area (Å²) in [6.45, 7) is 1.34. The molecule has 0 spiro atoms. The number of thiocarbonyl (C=S) groups is 1. The third-order valence-corrected chi connectivity index (χ3v) is 4.63. The topological polar surface area (TPSA) is 59.7 Å². The lowest BCUT2D eigenvalue weighted by atomic mass is 10.2. The van der Waals surface area contributed by atoms with Gasteiger partial charge in [-0.05, 0) is 35.5 Å². The van der Waals surface area contributed by atoms with E-state index in [0.29, 0.717) is 29.0 Å². The van der Waals surface area contributed by atoms with Gasteiger partial charge < -0.3 is 10.6 Å². The fraction of sp³-hybridized carbons (Fsp3) is 0.0952. The molecule has 2 heterocycles. The van der Waals surface area contributed by atoms with Crippen molar-refractivity contribution >= 4 is 40.4 Å². The monoisotopic (exact) mass is 422 g/mol. The average Bonchev–Trinajstić information content (AvgIpc) is 3.32. The van der Waals surface area contributed by atoms with E-state index in [2.05, 4.69) is 33.0 Å². The number of nitrogens with one attached hydrogen (secondary N) is 2. The smallest absolute Gasteiger partial charge is 0.176 e. The number of benzene rings is 2. The summed E-state index contributed by atoms with van der Waals surface area (Å²) in [7, 11) is 0. The van der Waals surface area contributed by atoms with Gasteiger partial charge in [-0.3, -0.25) is 9.36 Å². The van der Waals surface area contributed by atoms with Crippen LogP contribution >= 0.6 is 23.8 Å². The molecular formula is C21H19ClN6S. The molecule has 6 nitrogen and oxygen atoms in total. The van der Waals surface area contributed by atoms with E-state index in [1.54, 1.807) is 6.20 Å². The maximum absolute atomic E-state index is 6.03. The zero-order valence-corrected chi connectivity index (χ0v) is 17.1. The van der Waals surface area contributed by atoms with Crippen LogP contribution in [-0.2, 0) is 13.1 Å². The van der Waals surface area contributed by atoms with Crippen molar-refractivity contribution in [3.63, 3.8) is 0 Å². The Balaban J connectivity index is 1.31. The number of aromatic nitrogens is 4. The standard InChI is InChI=1S/C21H19ClN6S/c22-18-8-4-7-17(11-18)14-27-10-9-20(26-27)25-21(29)24-19-12-23-28(15-19)13-16-5-2-1-3-6-16/h1-12,15H,13-14H2,(H2,24,25,26,29). The molecule has 0 aliphatic rings. The summed E-state index contributed by atoms with van der Waals surface area (Å²) in [6.07, 6.45) is 5.55. The van der Waals surface area contributed by atoms with E-state index in [0.717, 1.165) is 11.3 Å². The van der Waals surface area contributed by atoms with Gasteiger partial charge in [0.15, 0.2) is 10.9 Å². The fourth-order valence-corrected chi connectivity index (χ4v) is 3.34. The van der Waals surface area contributed by atoms with Crippen molar-refractivity contribution < 1.29 is 0 Å². The number of halogens is 1. The van der Waals surface area contributed by atoms with E-state index in [-0.39, 0.29) is 0 Å². The van der Waals surface area contributed by atoms with Crippen LogP contribution in [0.25, 0.3) is 0 Å². The Morgan fingerprint density at radius 2 is 1.72 bits per heavy atom. The summed E-state index contributed by atoms with van der Waals surface area (Å²) in [5.41, 5.74) is 3.09. The van der Waals surface area contributed by atoms with Gasteiger partial charge in [-0.25, -0.2) is 0 Å². The predicted octanol–water partition coefficient (Wildman–Crippen LogP) is 4.64. The predicted molar refractivity (Wildman–Crippen MR) is 120 cm³/mol. The molecule has 2 N–H and O–H groups in total. The molecule has 0 radical (unpaired) electrons. The van der Waals surface area contributed by atoms with Crippen LogP contribution in [0.15, 0.2) is 79.3 Å². The number of hydrogen-bond acceptors (Lipinski definition) is 3. The Labute approximate surface area is 179 Å². The summed E-state index contributed by atoms with van der Waals surface area (Å²) in [5, 5.41) is 16.3. The zero-order valence-electron chi connectivity index (χ0n) is 15.5. The molecule has 8 heteroatoms. The maximum Gasteiger partial charge on any atom is 0.176 e. The van der Waals surface area contributed by atoms with Gasteiger partial charge in [0.05, 0.1) is 25.0 Å². The second-order valence-corrected chi connectivity index (χ2v) is 7.36. The molecule has 0 fully saturated rings. The lowest BCUT2D eigenvalue weighted by Crippen LogP contribution is -2.19. The molecule has 146 valence electrons. The first-order valence-electron chi connectivity index (χ1n) is 9.06. The first kappa shape index (κ1) is 19.2. The number of anilines is 2. The SMILES string of the molecule is S=C(Nc1cnn(Cc2ccccc2)c1)Nc1ccn(Cc2cccc(Cl)c2)n1. The van der Waals surface area contributed by atoms with Crippen LogP contribution in [0.2, 0.25) is 5.02 Å². The van der Waals surface area contributed by atoms with E-state index in [1.165, 1.54) is 5.56 Å².